The third kappa shape index (κ3) is 3.61. The van der Waals surface area contributed by atoms with Crippen LogP contribution in [0.3, 0.4) is 0 Å². The molecule has 31 heavy (non-hydrogen) atoms. The van der Waals surface area contributed by atoms with E-state index in [9.17, 15) is 4.39 Å². The summed E-state index contributed by atoms with van der Waals surface area (Å²) in [6, 6.07) is 12.1. The average molecular weight is 434 g/mol. The van der Waals surface area contributed by atoms with Gasteiger partial charge >= 0.3 is 0 Å². The molecule has 1 aliphatic heterocycles. The van der Waals surface area contributed by atoms with Crippen molar-refractivity contribution in [2.45, 2.75) is 19.6 Å². The number of benzene rings is 2. The second-order valence-electron chi connectivity index (χ2n) is 7.14. The SMILES string of the molecule is COCc1nnc2n1Cc1c(C#CCc3cccc(F)c3)ncn1-c1ccc(Cl)cc1-2. The Hall–Kier alpha value is -3.47. The molecule has 2 aromatic heterocycles. The van der Waals surface area contributed by atoms with Gasteiger partial charge in [-0.3, -0.25) is 4.57 Å². The summed E-state index contributed by atoms with van der Waals surface area (Å²) in [5.74, 6) is 7.42. The van der Waals surface area contributed by atoms with E-state index in [-0.39, 0.29) is 5.82 Å². The molecule has 1 aliphatic rings. The third-order valence-corrected chi connectivity index (χ3v) is 5.36. The molecule has 5 rings (SSSR count). The summed E-state index contributed by atoms with van der Waals surface area (Å²) in [5, 5.41) is 9.30. The Labute approximate surface area is 183 Å². The minimum Gasteiger partial charge on any atom is -0.377 e. The lowest BCUT2D eigenvalue weighted by molar-refractivity contribution is 0.174. The first-order chi connectivity index (χ1) is 15.1. The van der Waals surface area contributed by atoms with Gasteiger partial charge in [-0.2, -0.15) is 0 Å². The van der Waals surface area contributed by atoms with Gasteiger partial charge in [-0.05, 0) is 41.8 Å². The quantitative estimate of drug-likeness (QED) is 0.403. The Morgan fingerprint density at radius 3 is 2.94 bits per heavy atom. The number of imidazole rings is 1. The van der Waals surface area contributed by atoms with Crippen LogP contribution in [-0.4, -0.2) is 31.4 Å². The predicted molar refractivity (Wildman–Crippen MR) is 114 cm³/mol. The lowest BCUT2D eigenvalue weighted by Crippen LogP contribution is -2.09. The number of rotatable bonds is 3. The molecule has 0 bridgehead atoms. The third-order valence-electron chi connectivity index (χ3n) is 5.12. The van der Waals surface area contributed by atoms with Crippen LogP contribution in [0.4, 0.5) is 4.39 Å². The lowest BCUT2D eigenvalue weighted by Gasteiger charge is -2.08. The first-order valence-corrected chi connectivity index (χ1v) is 10.0. The molecule has 0 atom stereocenters. The fourth-order valence-corrected chi connectivity index (χ4v) is 3.87. The number of nitrogens with zero attached hydrogens (tertiary/aromatic N) is 5. The van der Waals surface area contributed by atoms with Crippen LogP contribution in [0, 0.1) is 17.7 Å². The van der Waals surface area contributed by atoms with Crippen molar-refractivity contribution in [1.82, 2.24) is 24.3 Å². The van der Waals surface area contributed by atoms with Gasteiger partial charge in [0.1, 0.15) is 24.4 Å². The summed E-state index contributed by atoms with van der Waals surface area (Å²) in [6.45, 7) is 0.814. The van der Waals surface area contributed by atoms with Crippen molar-refractivity contribution in [1.29, 1.82) is 0 Å². The zero-order valence-corrected chi connectivity index (χ0v) is 17.4. The maximum atomic E-state index is 13.4. The van der Waals surface area contributed by atoms with Crippen LogP contribution < -0.4 is 0 Å². The molecule has 4 aromatic rings. The van der Waals surface area contributed by atoms with Crippen molar-refractivity contribution in [3.8, 4) is 28.9 Å². The van der Waals surface area contributed by atoms with Crippen LogP contribution in [0.25, 0.3) is 17.1 Å². The maximum absolute atomic E-state index is 13.4. The van der Waals surface area contributed by atoms with Gasteiger partial charge < -0.3 is 9.30 Å². The number of hydrogen-bond donors (Lipinski definition) is 0. The van der Waals surface area contributed by atoms with Crippen molar-refractivity contribution in [2.24, 2.45) is 0 Å². The fraction of sp³-hybridized carbons (Fsp3) is 0.174. The van der Waals surface area contributed by atoms with Gasteiger partial charge in [0.25, 0.3) is 0 Å². The fourth-order valence-electron chi connectivity index (χ4n) is 3.70. The molecule has 0 saturated carbocycles. The normalized spacial score (nSPS) is 11.7. The Kier molecular flexibility index (Phi) is 5.02. The molecule has 8 heteroatoms. The van der Waals surface area contributed by atoms with Gasteiger partial charge in [0.2, 0.25) is 0 Å². The lowest BCUT2D eigenvalue weighted by atomic mass is 10.1. The van der Waals surface area contributed by atoms with E-state index in [2.05, 4.69) is 27.0 Å². The molecule has 6 nitrogen and oxygen atoms in total. The number of ether oxygens (including phenoxy) is 1. The van der Waals surface area contributed by atoms with Gasteiger partial charge in [0.05, 0.1) is 17.9 Å². The van der Waals surface area contributed by atoms with Crippen molar-refractivity contribution < 1.29 is 9.13 Å². The monoisotopic (exact) mass is 433 g/mol. The molecule has 2 aromatic carbocycles. The molecule has 0 radical (unpaired) electrons. The molecule has 0 amide bonds. The largest absolute Gasteiger partial charge is 0.377 e. The molecule has 0 fully saturated rings. The minimum atomic E-state index is -0.267. The Bertz CT molecular complexity index is 1350. The van der Waals surface area contributed by atoms with E-state index in [4.69, 9.17) is 16.3 Å². The van der Waals surface area contributed by atoms with Gasteiger partial charge in [-0.25, -0.2) is 9.37 Å². The molecular formula is C23H17ClFN5O. The number of fused-ring (bicyclic) bond motifs is 5. The van der Waals surface area contributed by atoms with Gasteiger partial charge in [-0.15, -0.1) is 10.2 Å². The highest BCUT2D eigenvalue weighted by molar-refractivity contribution is 6.31. The van der Waals surface area contributed by atoms with Crippen LogP contribution >= 0.6 is 11.6 Å². The molecule has 0 spiro atoms. The zero-order chi connectivity index (χ0) is 21.4. The zero-order valence-electron chi connectivity index (χ0n) is 16.6. The molecule has 0 aliphatic carbocycles. The predicted octanol–water partition coefficient (Wildman–Crippen LogP) is 4.03. The first kappa shape index (κ1) is 19.5. The van der Waals surface area contributed by atoms with Gasteiger partial charge in [0, 0.05) is 24.1 Å². The van der Waals surface area contributed by atoms with Gasteiger partial charge in [-0.1, -0.05) is 29.7 Å². The smallest absolute Gasteiger partial charge is 0.166 e. The average Bonchev–Trinajstić information content (AvgIpc) is 3.30. The van der Waals surface area contributed by atoms with E-state index in [1.807, 2.05) is 33.4 Å². The van der Waals surface area contributed by atoms with E-state index < -0.39 is 0 Å². The van der Waals surface area contributed by atoms with Crippen molar-refractivity contribution in [3.63, 3.8) is 0 Å². The Morgan fingerprint density at radius 2 is 2.10 bits per heavy atom. The number of hydrogen-bond acceptors (Lipinski definition) is 4. The summed E-state index contributed by atoms with van der Waals surface area (Å²) < 4.78 is 22.7. The maximum Gasteiger partial charge on any atom is 0.166 e. The molecule has 0 saturated heterocycles. The summed E-state index contributed by atoms with van der Waals surface area (Å²) in [4.78, 5) is 4.54. The minimum absolute atomic E-state index is 0.267. The van der Waals surface area contributed by atoms with Crippen molar-refractivity contribution in [2.75, 3.05) is 7.11 Å². The van der Waals surface area contributed by atoms with E-state index in [1.165, 1.54) is 12.1 Å². The summed E-state index contributed by atoms with van der Waals surface area (Å²) in [6.07, 6.45) is 2.19. The van der Waals surface area contributed by atoms with Crippen LogP contribution in [0.2, 0.25) is 5.02 Å². The number of halogens is 2. The van der Waals surface area contributed by atoms with Crippen molar-refractivity contribution in [3.05, 3.63) is 82.4 Å². The first-order valence-electron chi connectivity index (χ1n) is 9.65. The van der Waals surface area contributed by atoms with E-state index in [0.717, 1.165) is 22.5 Å². The summed E-state index contributed by atoms with van der Waals surface area (Å²) >= 11 is 6.28. The highest BCUT2D eigenvalue weighted by Gasteiger charge is 2.25. The molecule has 154 valence electrons. The topological polar surface area (TPSA) is 57.8 Å². The highest BCUT2D eigenvalue weighted by Crippen LogP contribution is 2.34. The Morgan fingerprint density at radius 1 is 1.19 bits per heavy atom. The summed E-state index contributed by atoms with van der Waals surface area (Å²) in [7, 11) is 1.62. The van der Waals surface area contributed by atoms with E-state index >= 15 is 0 Å². The number of methoxy groups -OCH3 is 1. The molecule has 0 unspecified atom stereocenters. The second kappa shape index (κ2) is 7.99. The Balaban J connectivity index is 1.59. The molecule has 0 N–H and O–H groups in total. The number of aromatic nitrogens is 5. The van der Waals surface area contributed by atoms with Crippen LogP contribution in [-0.2, 0) is 24.3 Å². The standard InChI is InChI=1S/C23H17ClFN5O/c1-31-13-22-27-28-23-18-11-16(24)8-9-20(18)30-14-26-19(21(30)12-29(22)23)7-3-5-15-4-2-6-17(25)10-15/h2,4,6,8-11,14H,5,12-13H2,1H3. The van der Waals surface area contributed by atoms with Crippen molar-refractivity contribution >= 4 is 11.6 Å². The van der Waals surface area contributed by atoms with Crippen LogP contribution in [0.15, 0.2) is 48.8 Å². The van der Waals surface area contributed by atoms with Crippen LogP contribution in [0.5, 0.6) is 0 Å². The second-order valence-corrected chi connectivity index (χ2v) is 7.58. The van der Waals surface area contributed by atoms with E-state index in [1.54, 1.807) is 19.5 Å². The van der Waals surface area contributed by atoms with E-state index in [0.29, 0.717) is 41.9 Å². The summed E-state index contributed by atoms with van der Waals surface area (Å²) in [5.41, 5.74) is 4.15. The van der Waals surface area contributed by atoms with Crippen LogP contribution in [0.1, 0.15) is 22.8 Å². The highest BCUT2D eigenvalue weighted by atomic mass is 35.5. The van der Waals surface area contributed by atoms with Gasteiger partial charge in [0.15, 0.2) is 11.6 Å². The molecular weight excluding hydrogens is 417 g/mol. The molecule has 3 heterocycles.